The third kappa shape index (κ3) is 16.9. The van der Waals surface area contributed by atoms with Crippen molar-refractivity contribution in [3.63, 3.8) is 0 Å². The van der Waals surface area contributed by atoms with E-state index in [-0.39, 0.29) is 30.2 Å². The van der Waals surface area contributed by atoms with Gasteiger partial charge in [0.1, 0.15) is 6.54 Å². The number of carbonyl (C=O) groups excluding carboxylic acids is 2. The molecule has 8 nitrogen and oxygen atoms in total. The molecule has 200 valence electrons. The van der Waals surface area contributed by atoms with Crippen molar-refractivity contribution in [2.75, 3.05) is 47.5 Å². The van der Waals surface area contributed by atoms with Crippen LogP contribution in [0.15, 0.2) is 0 Å². The minimum absolute atomic E-state index is 0.145. The van der Waals surface area contributed by atoms with Crippen molar-refractivity contribution in [3.05, 3.63) is 0 Å². The third-order valence-corrected chi connectivity index (χ3v) is 5.64. The molecule has 0 aromatic heterocycles. The highest BCUT2D eigenvalue weighted by atomic mass is 16.5. The van der Waals surface area contributed by atoms with E-state index < -0.39 is 17.5 Å². The van der Waals surface area contributed by atoms with Gasteiger partial charge in [0.15, 0.2) is 6.10 Å². The maximum absolute atomic E-state index is 12.4. The van der Waals surface area contributed by atoms with E-state index in [1.807, 2.05) is 55.8 Å². The largest absolute Gasteiger partial charge is 0.481 e. The molecule has 0 aliphatic heterocycles. The van der Waals surface area contributed by atoms with Gasteiger partial charge >= 0.3 is 17.9 Å². The van der Waals surface area contributed by atoms with Gasteiger partial charge < -0.3 is 23.8 Å². The van der Waals surface area contributed by atoms with E-state index in [2.05, 4.69) is 0 Å². The van der Waals surface area contributed by atoms with Crippen molar-refractivity contribution < 1.29 is 38.2 Å². The lowest BCUT2D eigenvalue weighted by atomic mass is 9.84. The fraction of sp³-hybridized carbons (Fsp3) is 0.885. The first-order valence-corrected chi connectivity index (χ1v) is 12.5. The molecule has 8 heteroatoms. The highest BCUT2D eigenvalue weighted by Crippen LogP contribution is 2.28. The van der Waals surface area contributed by atoms with Crippen molar-refractivity contribution in [1.29, 1.82) is 0 Å². The average Bonchev–Trinajstić information content (AvgIpc) is 2.64. The third-order valence-electron chi connectivity index (χ3n) is 5.64. The van der Waals surface area contributed by atoms with Crippen molar-refractivity contribution in [1.82, 2.24) is 0 Å². The lowest BCUT2D eigenvalue weighted by Crippen LogP contribution is -2.44. The number of carboxylic acid groups (broad SMARTS) is 1. The van der Waals surface area contributed by atoms with Gasteiger partial charge in [-0.1, -0.05) is 26.7 Å². The molecule has 0 amide bonds. The Bertz CT molecular complexity index is 623. The lowest BCUT2D eigenvalue weighted by Gasteiger charge is -2.29. The summed E-state index contributed by atoms with van der Waals surface area (Å²) in [4.78, 5) is 35.5. The molecule has 0 radical (unpaired) electrons. The zero-order valence-corrected chi connectivity index (χ0v) is 22.9. The number of hydrogen-bond donors (Lipinski definition) is 1. The zero-order chi connectivity index (χ0) is 26.4. The summed E-state index contributed by atoms with van der Waals surface area (Å²) in [6.45, 7) is 11.9. The molecule has 0 rings (SSSR count). The summed E-state index contributed by atoms with van der Waals surface area (Å²) in [7, 11) is 5.83. The van der Waals surface area contributed by atoms with E-state index in [1.54, 1.807) is 0 Å². The number of rotatable bonds is 19. The molecule has 0 bridgehead atoms. The predicted octanol–water partition coefficient (Wildman–Crippen LogP) is 4.44. The van der Waals surface area contributed by atoms with Gasteiger partial charge in [-0.3, -0.25) is 14.4 Å². The summed E-state index contributed by atoms with van der Waals surface area (Å²) in [5, 5.41) is 9.11. The molecule has 0 spiro atoms. The van der Waals surface area contributed by atoms with Crippen LogP contribution in [0.5, 0.6) is 0 Å². The van der Waals surface area contributed by atoms with Crippen LogP contribution in [0.25, 0.3) is 0 Å². The molecule has 34 heavy (non-hydrogen) atoms. The van der Waals surface area contributed by atoms with E-state index in [4.69, 9.17) is 19.3 Å². The van der Waals surface area contributed by atoms with Gasteiger partial charge in [-0.25, -0.2) is 0 Å². The molecular formula is C26H50NO7+. The van der Waals surface area contributed by atoms with Gasteiger partial charge in [0, 0.05) is 13.2 Å². The van der Waals surface area contributed by atoms with Crippen LogP contribution in [0, 0.1) is 10.8 Å². The van der Waals surface area contributed by atoms with Crippen molar-refractivity contribution in [2.45, 2.75) is 92.1 Å². The molecule has 0 fully saturated rings. The van der Waals surface area contributed by atoms with E-state index in [9.17, 15) is 14.4 Å². The second-order valence-electron chi connectivity index (χ2n) is 11.7. The normalized spacial score (nSPS) is 13.4. The van der Waals surface area contributed by atoms with Gasteiger partial charge in [-0.05, 0) is 51.9 Å². The molecule has 0 aliphatic carbocycles. The molecule has 0 heterocycles. The number of unbranched alkanes of at least 4 members (excludes halogenated alkanes) is 2. The maximum Gasteiger partial charge on any atom is 0.311 e. The van der Waals surface area contributed by atoms with E-state index in [1.165, 1.54) is 0 Å². The predicted molar refractivity (Wildman–Crippen MR) is 132 cm³/mol. The van der Waals surface area contributed by atoms with Crippen molar-refractivity contribution >= 4 is 17.9 Å². The van der Waals surface area contributed by atoms with E-state index in [0.29, 0.717) is 30.8 Å². The van der Waals surface area contributed by atoms with E-state index in [0.717, 1.165) is 38.5 Å². The quantitative estimate of drug-likeness (QED) is 0.163. The molecule has 1 unspecified atom stereocenters. The number of likely N-dealkylation sites (N-methyl/N-ethyl adjacent to an activating group) is 1. The smallest absolute Gasteiger partial charge is 0.311 e. The standard InChI is InChI=1S/C26H49NO7/c1-9-33-24(31)26(4,5)15-11-13-17-32-16-12-10-14-25(2,3)19-23(30)34-21(18-22(28)29)20-27(6,7)8/h21H,9-20H2,1-8H3/p+1. The molecular weight excluding hydrogens is 438 g/mol. The Morgan fingerprint density at radius 1 is 0.912 bits per heavy atom. The Hall–Kier alpha value is -1.67. The molecule has 0 saturated carbocycles. The first-order chi connectivity index (χ1) is 15.6. The zero-order valence-electron chi connectivity index (χ0n) is 22.9. The van der Waals surface area contributed by atoms with Crippen LogP contribution in [0.4, 0.5) is 0 Å². The lowest BCUT2D eigenvalue weighted by molar-refractivity contribution is -0.873. The van der Waals surface area contributed by atoms with Gasteiger partial charge in [-0.15, -0.1) is 0 Å². The number of quaternary nitrogens is 1. The minimum Gasteiger partial charge on any atom is -0.481 e. The van der Waals surface area contributed by atoms with Gasteiger partial charge in [0.05, 0.1) is 46.0 Å². The van der Waals surface area contributed by atoms with Crippen LogP contribution in [0.3, 0.4) is 0 Å². The number of ether oxygens (including phenoxy) is 3. The first kappa shape index (κ1) is 32.3. The van der Waals surface area contributed by atoms with Crippen LogP contribution in [0.2, 0.25) is 0 Å². The number of aliphatic carboxylic acids is 1. The van der Waals surface area contributed by atoms with Gasteiger partial charge in [0.25, 0.3) is 0 Å². The highest BCUT2D eigenvalue weighted by Gasteiger charge is 2.29. The Balaban J connectivity index is 4.12. The van der Waals surface area contributed by atoms with Crippen LogP contribution >= 0.6 is 0 Å². The summed E-state index contributed by atoms with van der Waals surface area (Å²) < 4.78 is 16.9. The summed E-state index contributed by atoms with van der Waals surface area (Å²) in [5.41, 5.74) is -0.678. The monoisotopic (exact) mass is 488 g/mol. The average molecular weight is 489 g/mol. The molecule has 0 saturated heterocycles. The second-order valence-corrected chi connectivity index (χ2v) is 11.7. The Kier molecular flexibility index (Phi) is 14.6. The Morgan fingerprint density at radius 3 is 1.97 bits per heavy atom. The number of hydrogen-bond acceptors (Lipinski definition) is 6. The maximum atomic E-state index is 12.4. The SMILES string of the molecule is CCOC(=O)C(C)(C)CCCCOCCCCC(C)(C)CC(=O)OC(CC(=O)O)C[N+](C)(C)C. The topological polar surface area (TPSA) is 99.1 Å². The number of esters is 2. The summed E-state index contributed by atoms with van der Waals surface area (Å²) in [5.74, 6) is -1.45. The van der Waals surface area contributed by atoms with Crippen molar-refractivity contribution in [3.8, 4) is 0 Å². The summed E-state index contributed by atoms with van der Waals surface area (Å²) >= 11 is 0. The fourth-order valence-electron chi connectivity index (χ4n) is 3.77. The Morgan fingerprint density at radius 2 is 1.47 bits per heavy atom. The van der Waals surface area contributed by atoms with Crippen LogP contribution in [0.1, 0.15) is 86.0 Å². The number of carboxylic acids is 1. The summed E-state index contributed by atoms with van der Waals surface area (Å²) in [6.07, 6.45) is 4.76. The van der Waals surface area contributed by atoms with Crippen LogP contribution in [-0.4, -0.2) is 81.1 Å². The van der Waals surface area contributed by atoms with E-state index >= 15 is 0 Å². The van der Waals surface area contributed by atoms with Gasteiger partial charge in [-0.2, -0.15) is 0 Å². The van der Waals surface area contributed by atoms with Crippen LogP contribution < -0.4 is 0 Å². The minimum atomic E-state index is -0.965. The first-order valence-electron chi connectivity index (χ1n) is 12.5. The van der Waals surface area contributed by atoms with Gasteiger partial charge in [0.2, 0.25) is 0 Å². The highest BCUT2D eigenvalue weighted by molar-refractivity contribution is 5.75. The second kappa shape index (κ2) is 15.4. The van der Waals surface area contributed by atoms with Crippen LogP contribution in [-0.2, 0) is 28.6 Å². The number of carbonyl (C=O) groups is 3. The molecule has 0 aliphatic rings. The summed E-state index contributed by atoms with van der Waals surface area (Å²) in [6, 6.07) is 0. The number of nitrogens with zero attached hydrogens (tertiary/aromatic N) is 1. The molecule has 0 aromatic carbocycles. The molecule has 0 aromatic rings. The fourth-order valence-corrected chi connectivity index (χ4v) is 3.77. The molecule has 1 atom stereocenters. The Labute approximate surface area is 206 Å². The molecule has 1 N–H and O–H groups in total. The van der Waals surface area contributed by atoms with Crippen molar-refractivity contribution in [2.24, 2.45) is 10.8 Å².